The van der Waals surface area contributed by atoms with Crippen molar-refractivity contribution in [1.29, 1.82) is 0 Å². The van der Waals surface area contributed by atoms with E-state index in [0.29, 0.717) is 19.3 Å². The molecule has 0 saturated carbocycles. The van der Waals surface area contributed by atoms with Crippen LogP contribution in [0.4, 0.5) is 0 Å². The van der Waals surface area contributed by atoms with Crippen LogP contribution < -0.4 is 0 Å². The quantitative estimate of drug-likeness (QED) is 0.544. The van der Waals surface area contributed by atoms with E-state index in [2.05, 4.69) is 0 Å². The van der Waals surface area contributed by atoms with E-state index in [1.165, 1.54) is 0 Å². The molecule has 0 fully saturated rings. The van der Waals surface area contributed by atoms with E-state index in [9.17, 15) is 5.11 Å². The van der Waals surface area contributed by atoms with Gasteiger partial charge in [0, 0.05) is 0 Å². The molecule has 3 atom stereocenters. The van der Waals surface area contributed by atoms with Gasteiger partial charge < -0.3 is 15.3 Å². The van der Waals surface area contributed by atoms with Gasteiger partial charge in [-0.3, -0.25) is 0 Å². The highest BCUT2D eigenvalue weighted by atomic mass is 16.3. The van der Waals surface area contributed by atoms with Gasteiger partial charge in [0.25, 0.3) is 0 Å². The SMILES string of the molecule is CC(O)CC[C@@H](O)C[C@@H](C)O. The fourth-order valence-corrected chi connectivity index (χ4v) is 0.945. The molecule has 3 nitrogen and oxygen atoms in total. The molecule has 0 heterocycles. The fraction of sp³-hybridized carbons (Fsp3) is 1.00. The van der Waals surface area contributed by atoms with E-state index in [1.807, 2.05) is 0 Å². The molecule has 0 spiro atoms. The molecule has 0 aliphatic rings. The van der Waals surface area contributed by atoms with Crippen molar-refractivity contribution in [3.05, 3.63) is 0 Å². The first kappa shape index (κ1) is 10.9. The lowest BCUT2D eigenvalue weighted by atomic mass is 10.1. The van der Waals surface area contributed by atoms with Gasteiger partial charge in [0.1, 0.15) is 0 Å². The lowest BCUT2D eigenvalue weighted by Gasteiger charge is -2.12. The minimum atomic E-state index is -0.482. The van der Waals surface area contributed by atoms with Crippen LogP contribution >= 0.6 is 0 Å². The Morgan fingerprint density at radius 3 is 1.82 bits per heavy atom. The summed E-state index contributed by atoms with van der Waals surface area (Å²) in [5, 5.41) is 26.9. The lowest BCUT2D eigenvalue weighted by molar-refractivity contribution is 0.0714. The van der Waals surface area contributed by atoms with E-state index in [4.69, 9.17) is 10.2 Å². The number of hydrogen-bond acceptors (Lipinski definition) is 3. The van der Waals surface area contributed by atoms with Gasteiger partial charge in [0.2, 0.25) is 0 Å². The maximum absolute atomic E-state index is 9.20. The Bertz CT molecular complexity index is 91.3. The topological polar surface area (TPSA) is 60.7 Å². The average molecular weight is 162 g/mol. The summed E-state index contributed by atoms with van der Waals surface area (Å²) in [6, 6.07) is 0. The number of aliphatic hydroxyl groups is 3. The Balaban J connectivity index is 3.29. The molecule has 0 rings (SSSR count). The molecular formula is C8H18O3. The molecule has 0 aromatic carbocycles. The second-order valence-corrected chi connectivity index (χ2v) is 3.16. The van der Waals surface area contributed by atoms with Crippen LogP contribution in [0.3, 0.4) is 0 Å². The average Bonchev–Trinajstić information content (AvgIpc) is 1.82. The first-order valence-corrected chi connectivity index (χ1v) is 4.06. The van der Waals surface area contributed by atoms with Crippen LogP contribution in [0.15, 0.2) is 0 Å². The van der Waals surface area contributed by atoms with Gasteiger partial charge >= 0.3 is 0 Å². The van der Waals surface area contributed by atoms with E-state index in [0.717, 1.165) is 0 Å². The summed E-state index contributed by atoms with van der Waals surface area (Å²) in [4.78, 5) is 0. The molecule has 0 saturated heterocycles. The molecule has 3 heteroatoms. The Labute approximate surface area is 67.7 Å². The van der Waals surface area contributed by atoms with Crippen molar-refractivity contribution >= 4 is 0 Å². The van der Waals surface area contributed by atoms with Gasteiger partial charge in [0.05, 0.1) is 18.3 Å². The van der Waals surface area contributed by atoms with E-state index in [1.54, 1.807) is 13.8 Å². The normalized spacial score (nSPS) is 19.4. The summed E-state index contributed by atoms with van der Waals surface area (Å²) in [6.45, 7) is 3.33. The molecule has 0 aromatic rings. The highest BCUT2D eigenvalue weighted by Gasteiger charge is 2.08. The van der Waals surface area contributed by atoms with Gasteiger partial charge in [-0.1, -0.05) is 0 Å². The first-order chi connectivity index (χ1) is 5.02. The van der Waals surface area contributed by atoms with E-state index < -0.39 is 12.2 Å². The number of rotatable bonds is 5. The number of hydrogen-bond donors (Lipinski definition) is 3. The van der Waals surface area contributed by atoms with Gasteiger partial charge in [-0.15, -0.1) is 0 Å². The summed E-state index contributed by atoms with van der Waals surface area (Å²) >= 11 is 0. The predicted molar refractivity (Wildman–Crippen MR) is 43.2 cm³/mol. The second kappa shape index (κ2) is 5.52. The zero-order chi connectivity index (χ0) is 8.85. The third-order valence-electron chi connectivity index (χ3n) is 1.53. The molecule has 0 aliphatic heterocycles. The van der Waals surface area contributed by atoms with Gasteiger partial charge in [-0.05, 0) is 33.1 Å². The van der Waals surface area contributed by atoms with Crippen molar-refractivity contribution in [2.45, 2.75) is 51.4 Å². The summed E-state index contributed by atoms with van der Waals surface area (Å²) in [7, 11) is 0. The molecule has 68 valence electrons. The predicted octanol–water partition coefficient (Wildman–Crippen LogP) is 0.279. The van der Waals surface area contributed by atoms with Crippen LogP contribution in [-0.2, 0) is 0 Å². The monoisotopic (exact) mass is 162 g/mol. The highest BCUT2D eigenvalue weighted by Crippen LogP contribution is 2.06. The minimum absolute atomic E-state index is 0.362. The van der Waals surface area contributed by atoms with Crippen LogP contribution in [0.5, 0.6) is 0 Å². The molecule has 0 aromatic heterocycles. The first-order valence-electron chi connectivity index (χ1n) is 4.06. The minimum Gasteiger partial charge on any atom is -0.393 e. The smallest absolute Gasteiger partial charge is 0.0565 e. The Hall–Kier alpha value is -0.120. The van der Waals surface area contributed by atoms with Gasteiger partial charge in [-0.2, -0.15) is 0 Å². The fourth-order valence-electron chi connectivity index (χ4n) is 0.945. The third kappa shape index (κ3) is 7.78. The Morgan fingerprint density at radius 2 is 1.45 bits per heavy atom. The zero-order valence-corrected chi connectivity index (χ0v) is 7.20. The van der Waals surface area contributed by atoms with Crippen LogP contribution in [0.25, 0.3) is 0 Å². The highest BCUT2D eigenvalue weighted by molar-refractivity contribution is 4.61. The molecule has 0 amide bonds. The second-order valence-electron chi connectivity index (χ2n) is 3.16. The number of aliphatic hydroxyl groups excluding tert-OH is 3. The van der Waals surface area contributed by atoms with Gasteiger partial charge in [-0.25, -0.2) is 0 Å². The van der Waals surface area contributed by atoms with Crippen molar-refractivity contribution in [2.75, 3.05) is 0 Å². The largest absolute Gasteiger partial charge is 0.393 e. The van der Waals surface area contributed by atoms with Crippen LogP contribution in [0.2, 0.25) is 0 Å². The molecule has 1 unspecified atom stereocenters. The summed E-state index contributed by atoms with van der Waals surface area (Å²) in [5.74, 6) is 0. The summed E-state index contributed by atoms with van der Waals surface area (Å²) < 4.78 is 0. The summed E-state index contributed by atoms with van der Waals surface area (Å²) in [5.41, 5.74) is 0. The Kier molecular flexibility index (Phi) is 5.46. The molecule has 0 aliphatic carbocycles. The zero-order valence-electron chi connectivity index (χ0n) is 7.20. The van der Waals surface area contributed by atoms with Crippen molar-refractivity contribution in [1.82, 2.24) is 0 Å². The van der Waals surface area contributed by atoms with Crippen molar-refractivity contribution < 1.29 is 15.3 Å². The third-order valence-corrected chi connectivity index (χ3v) is 1.53. The van der Waals surface area contributed by atoms with Crippen molar-refractivity contribution in [3.63, 3.8) is 0 Å². The molecular weight excluding hydrogens is 144 g/mol. The summed E-state index contributed by atoms with van der Waals surface area (Å²) in [6.07, 6.45) is 0.241. The lowest BCUT2D eigenvalue weighted by Crippen LogP contribution is -2.16. The van der Waals surface area contributed by atoms with Crippen LogP contribution in [-0.4, -0.2) is 33.6 Å². The molecule has 0 bridgehead atoms. The maximum Gasteiger partial charge on any atom is 0.0565 e. The van der Waals surface area contributed by atoms with Crippen molar-refractivity contribution in [3.8, 4) is 0 Å². The standard InChI is InChI=1S/C8H18O3/c1-6(9)3-4-8(11)5-7(2)10/h6-11H,3-5H2,1-2H3/t6?,7-,8-/m1/s1. The van der Waals surface area contributed by atoms with Gasteiger partial charge in [0.15, 0.2) is 0 Å². The van der Waals surface area contributed by atoms with Crippen LogP contribution in [0.1, 0.15) is 33.1 Å². The molecule has 0 radical (unpaired) electrons. The van der Waals surface area contributed by atoms with Crippen molar-refractivity contribution in [2.24, 2.45) is 0 Å². The Morgan fingerprint density at radius 1 is 0.909 bits per heavy atom. The van der Waals surface area contributed by atoms with E-state index in [-0.39, 0.29) is 6.10 Å². The maximum atomic E-state index is 9.20. The van der Waals surface area contributed by atoms with E-state index >= 15 is 0 Å². The van der Waals surface area contributed by atoms with Crippen LogP contribution in [0, 0.1) is 0 Å². The molecule has 3 N–H and O–H groups in total. The molecule has 11 heavy (non-hydrogen) atoms.